The quantitative estimate of drug-likeness (QED) is 0.243. The number of alkyl halides is 2. The summed E-state index contributed by atoms with van der Waals surface area (Å²) in [5.74, 6) is -3.75. The van der Waals surface area contributed by atoms with Crippen LogP contribution in [0.4, 0.5) is 0 Å². The molecule has 1 aromatic rings. The first-order valence-electron chi connectivity index (χ1n) is 12.6. The Hall–Kier alpha value is -2.93. The molecule has 0 unspecified atom stereocenters. The van der Waals surface area contributed by atoms with Crippen LogP contribution in [0.15, 0.2) is 30.3 Å². The molecule has 0 aliphatic carbocycles. The Kier molecular flexibility index (Phi) is 10.5. The van der Waals surface area contributed by atoms with E-state index in [1.54, 1.807) is 37.3 Å². The number of aliphatic hydroxyl groups excluding tert-OH is 2. The van der Waals surface area contributed by atoms with Gasteiger partial charge in [0.05, 0.1) is 35.9 Å². The lowest BCUT2D eigenvalue weighted by Crippen LogP contribution is -2.62. The van der Waals surface area contributed by atoms with Gasteiger partial charge in [-0.15, -0.1) is 23.2 Å². The van der Waals surface area contributed by atoms with Crippen molar-refractivity contribution in [3.63, 3.8) is 0 Å². The standard InChI is InChI=1S/C25H33Cl2N5O7/c1-3-15-25(39)32-10-14(26)19(27)21(32)24(38)31-20(12(2)34)23(37)30-17(11-33)22(36)29-16(9-18(35)28-15)13-7-5-4-6-8-13/h4-8,12,14-17,19-21,33-34H,3,9-11H2,1-2H3,(H,28,35)(H,29,36)(H,30,37)(H,31,38)/t12-,14+,15-,16+,17-,19+,20-,21-/m1/s1. The topological polar surface area (TPSA) is 177 Å². The average Bonchev–Trinajstić information content (AvgIpc) is 3.21. The normalized spacial score (nSPS) is 32.0. The average molecular weight is 586 g/mol. The Labute approximate surface area is 235 Å². The number of amides is 5. The lowest BCUT2D eigenvalue weighted by atomic mass is 10.0. The van der Waals surface area contributed by atoms with Crippen LogP contribution in [0.5, 0.6) is 0 Å². The molecular weight excluding hydrogens is 553 g/mol. The molecule has 2 saturated heterocycles. The molecule has 2 heterocycles. The van der Waals surface area contributed by atoms with Gasteiger partial charge < -0.3 is 36.4 Å². The summed E-state index contributed by atoms with van der Waals surface area (Å²) in [4.78, 5) is 67.1. The highest BCUT2D eigenvalue weighted by Crippen LogP contribution is 2.29. The molecule has 214 valence electrons. The second-order valence-corrected chi connectivity index (χ2v) is 10.6. The minimum Gasteiger partial charge on any atom is -0.394 e. The van der Waals surface area contributed by atoms with Crippen molar-refractivity contribution >= 4 is 52.7 Å². The predicted molar refractivity (Wildman–Crippen MR) is 142 cm³/mol. The van der Waals surface area contributed by atoms with E-state index < -0.39 is 83.2 Å². The molecule has 0 saturated carbocycles. The summed E-state index contributed by atoms with van der Waals surface area (Å²) < 4.78 is 0. The van der Waals surface area contributed by atoms with E-state index >= 15 is 0 Å². The second-order valence-electron chi connectivity index (χ2n) is 9.57. The van der Waals surface area contributed by atoms with Gasteiger partial charge in [0, 0.05) is 6.54 Å². The number of benzene rings is 1. The number of nitrogens with one attached hydrogen (secondary N) is 4. The molecule has 8 atom stereocenters. The third-order valence-corrected chi connectivity index (χ3v) is 7.81. The van der Waals surface area contributed by atoms with Crippen LogP contribution in [0.3, 0.4) is 0 Å². The molecule has 0 radical (unpaired) electrons. The number of carbonyl (C=O) groups excluding carboxylic acids is 5. The minimum atomic E-state index is -1.55. The van der Waals surface area contributed by atoms with Crippen molar-refractivity contribution < 1.29 is 34.2 Å². The lowest BCUT2D eigenvalue weighted by Gasteiger charge is -2.32. The molecule has 12 nitrogen and oxygen atoms in total. The summed E-state index contributed by atoms with van der Waals surface area (Å²) in [6.45, 7) is 2.05. The number of halogens is 2. The fourth-order valence-electron chi connectivity index (χ4n) is 4.57. The third-order valence-electron chi connectivity index (χ3n) is 6.73. The molecule has 5 amide bonds. The number of fused-ring (bicyclic) bond motifs is 1. The van der Waals surface area contributed by atoms with Crippen LogP contribution in [0.25, 0.3) is 0 Å². The molecule has 39 heavy (non-hydrogen) atoms. The van der Waals surface area contributed by atoms with Crippen molar-refractivity contribution in [3.8, 4) is 0 Å². The monoisotopic (exact) mass is 585 g/mol. The van der Waals surface area contributed by atoms with Crippen molar-refractivity contribution in [2.45, 2.75) is 73.8 Å². The van der Waals surface area contributed by atoms with E-state index in [2.05, 4.69) is 21.3 Å². The summed E-state index contributed by atoms with van der Waals surface area (Å²) in [6.07, 6.45) is -1.49. The Bertz CT molecular complexity index is 1080. The summed E-state index contributed by atoms with van der Waals surface area (Å²) in [7, 11) is 0. The molecule has 2 aliphatic heterocycles. The van der Waals surface area contributed by atoms with E-state index in [0.29, 0.717) is 5.56 Å². The van der Waals surface area contributed by atoms with Gasteiger partial charge in [0.25, 0.3) is 0 Å². The zero-order valence-electron chi connectivity index (χ0n) is 21.5. The highest BCUT2D eigenvalue weighted by Gasteiger charge is 2.48. The van der Waals surface area contributed by atoms with Crippen molar-refractivity contribution in [2.24, 2.45) is 0 Å². The number of hydrogen-bond donors (Lipinski definition) is 6. The molecule has 1 aromatic carbocycles. The van der Waals surface area contributed by atoms with Crippen LogP contribution in [-0.4, -0.2) is 98.8 Å². The fraction of sp³-hybridized carbons (Fsp3) is 0.560. The number of hydrogen-bond acceptors (Lipinski definition) is 7. The SMILES string of the molecule is CC[C@H]1NC(=O)C[C@@H](c2ccccc2)NC(=O)[C@@H](CO)NC(=O)[C@@H]([C@@H](C)O)NC(=O)[C@H]2[C@@H](Cl)[C@@H](Cl)CN2C1=O. The van der Waals surface area contributed by atoms with Crippen LogP contribution in [0, 0.1) is 0 Å². The van der Waals surface area contributed by atoms with E-state index in [-0.39, 0.29) is 19.4 Å². The summed E-state index contributed by atoms with van der Waals surface area (Å²) in [5, 5.41) is 28.3. The number of aliphatic hydroxyl groups is 2. The van der Waals surface area contributed by atoms with Gasteiger partial charge >= 0.3 is 0 Å². The zero-order chi connectivity index (χ0) is 28.9. The largest absolute Gasteiger partial charge is 0.394 e. The third kappa shape index (κ3) is 7.18. The van der Waals surface area contributed by atoms with Crippen LogP contribution in [0.2, 0.25) is 0 Å². The molecule has 2 aliphatic rings. The number of nitrogens with zero attached hydrogens (tertiary/aromatic N) is 1. The van der Waals surface area contributed by atoms with Gasteiger partial charge in [0.1, 0.15) is 24.2 Å². The lowest BCUT2D eigenvalue weighted by molar-refractivity contribution is -0.143. The first-order chi connectivity index (χ1) is 18.5. The molecule has 2 fully saturated rings. The summed E-state index contributed by atoms with van der Waals surface area (Å²) in [6, 6.07) is 2.39. The molecule has 6 N–H and O–H groups in total. The van der Waals surface area contributed by atoms with E-state index in [1.165, 1.54) is 6.92 Å². The molecule has 0 aromatic heterocycles. The van der Waals surface area contributed by atoms with E-state index in [1.807, 2.05) is 0 Å². The first-order valence-corrected chi connectivity index (χ1v) is 13.5. The Morgan fingerprint density at radius 3 is 2.21 bits per heavy atom. The summed E-state index contributed by atoms with van der Waals surface area (Å²) in [5.41, 5.74) is 0.577. The molecule has 14 heteroatoms. The molecule has 3 rings (SSSR count). The van der Waals surface area contributed by atoms with Crippen LogP contribution in [0.1, 0.15) is 38.3 Å². The smallest absolute Gasteiger partial charge is 0.245 e. The van der Waals surface area contributed by atoms with E-state index in [9.17, 15) is 34.2 Å². The molecule has 0 spiro atoms. The van der Waals surface area contributed by atoms with Gasteiger partial charge in [0.2, 0.25) is 29.5 Å². The number of carbonyl (C=O) groups is 5. The summed E-state index contributed by atoms with van der Waals surface area (Å²) >= 11 is 12.7. The maximum Gasteiger partial charge on any atom is 0.245 e. The fourth-order valence-corrected chi connectivity index (χ4v) is 5.19. The van der Waals surface area contributed by atoms with E-state index in [0.717, 1.165) is 4.90 Å². The maximum atomic E-state index is 13.5. The zero-order valence-corrected chi connectivity index (χ0v) is 23.0. The van der Waals surface area contributed by atoms with Gasteiger partial charge in [-0.05, 0) is 18.9 Å². The Morgan fingerprint density at radius 1 is 0.949 bits per heavy atom. The second kappa shape index (κ2) is 13.4. The van der Waals surface area contributed by atoms with Gasteiger partial charge in [-0.25, -0.2) is 0 Å². The van der Waals surface area contributed by atoms with Crippen LogP contribution < -0.4 is 21.3 Å². The highest BCUT2D eigenvalue weighted by atomic mass is 35.5. The van der Waals surface area contributed by atoms with Gasteiger partial charge in [-0.2, -0.15) is 0 Å². The van der Waals surface area contributed by atoms with Gasteiger partial charge in [0.15, 0.2) is 0 Å². The Morgan fingerprint density at radius 2 is 1.62 bits per heavy atom. The van der Waals surface area contributed by atoms with Crippen LogP contribution in [-0.2, 0) is 24.0 Å². The number of rotatable bonds is 4. The minimum absolute atomic E-state index is 0.0835. The van der Waals surface area contributed by atoms with Gasteiger partial charge in [-0.3, -0.25) is 24.0 Å². The van der Waals surface area contributed by atoms with Crippen molar-refractivity contribution in [1.82, 2.24) is 26.2 Å². The highest BCUT2D eigenvalue weighted by molar-refractivity contribution is 6.32. The van der Waals surface area contributed by atoms with Crippen molar-refractivity contribution in [3.05, 3.63) is 35.9 Å². The van der Waals surface area contributed by atoms with Gasteiger partial charge in [-0.1, -0.05) is 37.3 Å². The van der Waals surface area contributed by atoms with Crippen LogP contribution >= 0.6 is 23.2 Å². The molecule has 0 bridgehead atoms. The predicted octanol–water partition coefficient (Wildman–Crippen LogP) is -1.09. The maximum absolute atomic E-state index is 13.5. The molecular formula is C25H33Cl2N5O7. The first kappa shape index (κ1) is 30.6. The Balaban J connectivity index is 2.02. The van der Waals surface area contributed by atoms with E-state index in [4.69, 9.17) is 23.2 Å². The van der Waals surface area contributed by atoms with Crippen molar-refractivity contribution in [1.29, 1.82) is 0 Å². The van der Waals surface area contributed by atoms with Crippen molar-refractivity contribution in [2.75, 3.05) is 13.2 Å².